The van der Waals surface area contributed by atoms with Crippen LogP contribution in [-0.4, -0.2) is 16.1 Å². The number of nitrogens with zero attached hydrogens (tertiary/aromatic N) is 1. The SMILES string of the molecule is Cc1ccc(-c2ccc(OCc3nc(CC(=O)O)cs3)cc2)cc1. The average molecular weight is 339 g/mol. The first kappa shape index (κ1) is 16.2. The molecule has 1 heterocycles. The number of ether oxygens (including phenoxy) is 1. The third-order valence-corrected chi connectivity index (χ3v) is 4.40. The minimum atomic E-state index is -0.875. The van der Waals surface area contributed by atoms with Gasteiger partial charge in [0.2, 0.25) is 0 Å². The molecule has 0 spiro atoms. The molecule has 0 saturated carbocycles. The maximum atomic E-state index is 10.7. The molecular formula is C19H17NO3S. The lowest BCUT2D eigenvalue weighted by molar-refractivity contribution is -0.136. The molecule has 0 unspecified atom stereocenters. The van der Waals surface area contributed by atoms with Crippen LogP contribution >= 0.6 is 11.3 Å². The predicted molar refractivity (Wildman–Crippen MR) is 94.4 cm³/mol. The number of carboxylic acid groups (broad SMARTS) is 1. The van der Waals surface area contributed by atoms with Gasteiger partial charge in [-0.15, -0.1) is 11.3 Å². The molecule has 0 aliphatic carbocycles. The van der Waals surface area contributed by atoms with E-state index in [1.54, 1.807) is 5.38 Å². The molecule has 122 valence electrons. The van der Waals surface area contributed by atoms with Crippen molar-refractivity contribution in [2.45, 2.75) is 20.0 Å². The fraction of sp³-hybridized carbons (Fsp3) is 0.158. The molecule has 0 bridgehead atoms. The molecule has 0 aliphatic rings. The molecule has 0 radical (unpaired) electrons. The monoisotopic (exact) mass is 339 g/mol. The van der Waals surface area contributed by atoms with Gasteiger partial charge in [-0.1, -0.05) is 42.0 Å². The van der Waals surface area contributed by atoms with Crippen LogP contribution in [0.4, 0.5) is 0 Å². The zero-order valence-corrected chi connectivity index (χ0v) is 14.0. The van der Waals surface area contributed by atoms with E-state index < -0.39 is 5.97 Å². The van der Waals surface area contributed by atoms with Crippen LogP contribution in [0.5, 0.6) is 5.75 Å². The van der Waals surface area contributed by atoms with Crippen LogP contribution < -0.4 is 4.74 Å². The number of carboxylic acids is 1. The van der Waals surface area contributed by atoms with Gasteiger partial charge in [-0.2, -0.15) is 0 Å². The van der Waals surface area contributed by atoms with Crippen LogP contribution in [0.15, 0.2) is 53.9 Å². The molecule has 2 aromatic carbocycles. The maximum absolute atomic E-state index is 10.7. The molecule has 24 heavy (non-hydrogen) atoms. The molecule has 4 nitrogen and oxygen atoms in total. The Morgan fingerprint density at radius 2 is 1.71 bits per heavy atom. The third kappa shape index (κ3) is 4.20. The van der Waals surface area contributed by atoms with Crippen LogP contribution in [0.1, 0.15) is 16.3 Å². The van der Waals surface area contributed by atoms with Crippen LogP contribution in [0.25, 0.3) is 11.1 Å². The molecule has 0 atom stereocenters. The number of aliphatic carboxylic acids is 1. The lowest BCUT2D eigenvalue weighted by Gasteiger charge is -2.06. The molecule has 1 N–H and O–H groups in total. The number of hydrogen-bond acceptors (Lipinski definition) is 4. The van der Waals surface area contributed by atoms with Crippen LogP contribution in [0, 0.1) is 6.92 Å². The second-order valence-electron chi connectivity index (χ2n) is 5.48. The summed E-state index contributed by atoms with van der Waals surface area (Å²) in [6.45, 7) is 2.41. The van der Waals surface area contributed by atoms with Crippen molar-refractivity contribution < 1.29 is 14.6 Å². The first-order valence-corrected chi connectivity index (χ1v) is 8.43. The van der Waals surface area contributed by atoms with Crippen molar-refractivity contribution in [3.8, 4) is 16.9 Å². The highest BCUT2D eigenvalue weighted by Gasteiger charge is 2.07. The lowest BCUT2D eigenvalue weighted by atomic mass is 10.0. The number of hydrogen-bond donors (Lipinski definition) is 1. The van der Waals surface area contributed by atoms with Gasteiger partial charge in [0.05, 0.1) is 12.1 Å². The molecule has 1 aromatic heterocycles. The van der Waals surface area contributed by atoms with E-state index in [-0.39, 0.29) is 6.42 Å². The summed E-state index contributed by atoms with van der Waals surface area (Å²) < 4.78 is 5.72. The van der Waals surface area contributed by atoms with Gasteiger partial charge < -0.3 is 9.84 Å². The Morgan fingerprint density at radius 1 is 1.08 bits per heavy atom. The van der Waals surface area contributed by atoms with Gasteiger partial charge in [0.15, 0.2) is 0 Å². The average Bonchev–Trinajstić information content (AvgIpc) is 3.01. The van der Waals surface area contributed by atoms with E-state index in [4.69, 9.17) is 9.84 Å². The highest BCUT2D eigenvalue weighted by molar-refractivity contribution is 7.09. The van der Waals surface area contributed by atoms with Gasteiger partial charge >= 0.3 is 5.97 Å². The van der Waals surface area contributed by atoms with Crippen LogP contribution in [0.3, 0.4) is 0 Å². The molecule has 0 aliphatic heterocycles. The molecule has 0 amide bonds. The first-order chi connectivity index (χ1) is 11.6. The third-order valence-electron chi connectivity index (χ3n) is 3.53. The van der Waals surface area contributed by atoms with Crippen molar-refractivity contribution in [1.29, 1.82) is 0 Å². The highest BCUT2D eigenvalue weighted by atomic mass is 32.1. The zero-order valence-electron chi connectivity index (χ0n) is 13.2. The van der Waals surface area contributed by atoms with E-state index in [0.717, 1.165) is 16.3 Å². The quantitative estimate of drug-likeness (QED) is 0.726. The van der Waals surface area contributed by atoms with E-state index in [0.29, 0.717) is 12.3 Å². The Morgan fingerprint density at radius 3 is 2.33 bits per heavy atom. The fourth-order valence-corrected chi connectivity index (χ4v) is 2.99. The number of rotatable bonds is 6. The minimum absolute atomic E-state index is 0.0538. The van der Waals surface area contributed by atoms with Crippen molar-refractivity contribution in [3.63, 3.8) is 0 Å². The zero-order chi connectivity index (χ0) is 16.9. The number of aromatic nitrogens is 1. The Kier molecular flexibility index (Phi) is 4.91. The molecule has 0 fully saturated rings. The van der Waals surface area contributed by atoms with Crippen molar-refractivity contribution in [3.05, 3.63) is 70.2 Å². The van der Waals surface area contributed by atoms with Crippen LogP contribution in [0.2, 0.25) is 0 Å². The fourth-order valence-electron chi connectivity index (χ4n) is 2.29. The Bertz CT molecular complexity index is 823. The van der Waals surface area contributed by atoms with Crippen LogP contribution in [-0.2, 0) is 17.8 Å². The summed E-state index contributed by atoms with van der Waals surface area (Å²) >= 11 is 1.41. The van der Waals surface area contributed by atoms with Crippen molar-refractivity contribution >= 4 is 17.3 Å². The summed E-state index contributed by atoms with van der Waals surface area (Å²) in [7, 11) is 0. The Balaban J connectivity index is 1.61. The maximum Gasteiger partial charge on any atom is 0.309 e. The van der Waals surface area contributed by atoms with Gasteiger partial charge in [-0.05, 0) is 30.2 Å². The van der Waals surface area contributed by atoms with Crippen molar-refractivity contribution in [1.82, 2.24) is 4.98 Å². The van der Waals surface area contributed by atoms with E-state index in [1.807, 2.05) is 24.3 Å². The van der Waals surface area contributed by atoms with Gasteiger partial charge in [-0.3, -0.25) is 4.79 Å². The second-order valence-corrected chi connectivity index (χ2v) is 6.42. The Hall–Kier alpha value is -2.66. The van der Waals surface area contributed by atoms with Gasteiger partial charge in [0.1, 0.15) is 17.4 Å². The predicted octanol–water partition coefficient (Wildman–Crippen LogP) is 4.32. The Labute approximate surface area is 144 Å². The summed E-state index contributed by atoms with van der Waals surface area (Å²) in [5, 5.41) is 11.3. The number of benzene rings is 2. The summed E-state index contributed by atoms with van der Waals surface area (Å²) in [6, 6.07) is 16.3. The first-order valence-electron chi connectivity index (χ1n) is 7.55. The van der Waals surface area contributed by atoms with E-state index in [2.05, 4.69) is 36.2 Å². The minimum Gasteiger partial charge on any atom is -0.486 e. The molecular weight excluding hydrogens is 322 g/mol. The molecule has 3 rings (SSSR count). The summed E-state index contributed by atoms with van der Waals surface area (Å²) in [5.74, 6) is -0.111. The summed E-state index contributed by atoms with van der Waals surface area (Å²) in [5.41, 5.74) is 4.12. The normalized spacial score (nSPS) is 10.5. The van der Waals surface area contributed by atoms with Crippen molar-refractivity contribution in [2.24, 2.45) is 0 Å². The van der Waals surface area contributed by atoms with Gasteiger partial charge in [0, 0.05) is 5.38 Å². The van der Waals surface area contributed by atoms with E-state index in [1.165, 1.54) is 22.5 Å². The highest BCUT2D eigenvalue weighted by Crippen LogP contribution is 2.23. The van der Waals surface area contributed by atoms with Gasteiger partial charge in [-0.25, -0.2) is 4.98 Å². The number of carbonyl (C=O) groups is 1. The van der Waals surface area contributed by atoms with E-state index in [9.17, 15) is 4.79 Å². The summed E-state index contributed by atoms with van der Waals surface area (Å²) in [4.78, 5) is 14.9. The van der Waals surface area contributed by atoms with Crippen molar-refractivity contribution in [2.75, 3.05) is 0 Å². The largest absolute Gasteiger partial charge is 0.486 e. The lowest BCUT2D eigenvalue weighted by Crippen LogP contribution is -2.01. The smallest absolute Gasteiger partial charge is 0.309 e. The van der Waals surface area contributed by atoms with Gasteiger partial charge in [0.25, 0.3) is 0 Å². The topological polar surface area (TPSA) is 59.4 Å². The second kappa shape index (κ2) is 7.27. The number of thiazole rings is 1. The molecule has 3 aromatic rings. The molecule has 0 saturated heterocycles. The molecule has 5 heteroatoms. The van der Waals surface area contributed by atoms with E-state index >= 15 is 0 Å². The standard InChI is InChI=1S/C19H17NO3S/c1-13-2-4-14(5-3-13)15-6-8-17(9-7-15)23-11-18-20-16(12-24-18)10-19(21)22/h2-9,12H,10-11H2,1H3,(H,21,22). The number of aryl methyl sites for hydroxylation is 1. The summed E-state index contributed by atoms with van der Waals surface area (Å²) in [6.07, 6.45) is -0.0538.